The average molecular weight is 595 g/mol. The first-order valence-electron chi connectivity index (χ1n) is 16.1. The zero-order chi connectivity index (χ0) is 30.8. The second kappa shape index (κ2) is 10.3. The van der Waals surface area contributed by atoms with Gasteiger partial charge in [0.05, 0.1) is 11.0 Å². The Hall–Kier alpha value is -5.48. The molecule has 46 heavy (non-hydrogen) atoms. The summed E-state index contributed by atoms with van der Waals surface area (Å²) >= 11 is 0. The first-order valence-corrected chi connectivity index (χ1v) is 16.1. The van der Waals surface area contributed by atoms with Gasteiger partial charge in [0.15, 0.2) is 6.17 Å². The number of nitrogens with one attached hydrogen (secondary N) is 1. The van der Waals surface area contributed by atoms with Crippen molar-refractivity contribution in [2.24, 2.45) is 15.9 Å². The standard InChI is InChI=1S/C42H34N4/c1-42(2)35-22-11-9-20-31(35)33-26-38-34(25-36(33)42)32-21-10-12-23-37(32)46(38)30-19-13-18-29(24-30)41-44-39(27-14-5-3-6-15-27)43-40(45-41)28-16-7-4-8-17-28/h3-26,31,35,39H,1-2H3,(H,43,44,45). The summed E-state index contributed by atoms with van der Waals surface area (Å²) in [6, 6.07) is 43.1. The molecule has 3 aliphatic rings. The zero-order valence-corrected chi connectivity index (χ0v) is 25.9. The summed E-state index contributed by atoms with van der Waals surface area (Å²) < 4.78 is 2.43. The van der Waals surface area contributed by atoms with Gasteiger partial charge < -0.3 is 9.88 Å². The van der Waals surface area contributed by atoms with Gasteiger partial charge in [0.1, 0.15) is 11.7 Å². The summed E-state index contributed by atoms with van der Waals surface area (Å²) in [5.41, 5.74) is 9.65. The second-order valence-corrected chi connectivity index (χ2v) is 13.1. The van der Waals surface area contributed by atoms with Crippen LogP contribution in [-0.4, -0.2) is 16.2 Å². The molecular weight excluding hydrogens is 560 g/mol. The second-order valence-electron chi connectivity index (χ2n) is 13.1. The summed E-state index contributed by atoms with van der Waals surface area (Å²) in [4.78, 5) is 10.2. The van der Waals surface area contributed by atoms with E-state index in [1.165, 1.54) is 32.9 Å². The minimum absolute atomic E-state index is 0.0661. The lowest BCUT2D eigenvalue weighted by Gasteiger charge is -2.29. The van der Waals surface area contributed by atoms with E-state index in [2.05, 4.69) is 133 Å². The fourth-order valence-electron chi connectivity index (χ4n) is 7.82. The third-order valence-corrected chi connectivity index (χ3v) is 10.1. The predicted molar refractivity (Wildman–Crippen MR) is 190 cm³/mol. The van der Waals surface area contributed by atoms with Gasteiger partial charge in [-0.25, -0.2) is 9.98 Å². The van der Waals surface area contributed by atoms with Crippen LogP contribution in [0.5, 0.6) is 0 Å². The SMILES string of the molecule is CC1(C)c2cc3c4ccccc4n(-c4cccc(C5=NC(c6ccccc6)N=C(c6ccccc6)N5)c4)c3cc2C2C=CC=CC21. The maximum absolute atomic E-state index is 5.15. The number of para-hydroxylation sites is 1. The van der Waals surface area contributed by atoms with Crippen LogP contribution in [0.25, 0.3) is 27.5 Å². The molecule has 0 fully saturated rings. The number of aromatic nitrogens is 1. The molecular formula is C42H34N4. The number of rotatable bonds is 4. The Morgan fingerprint density at radius 1 is 0.630 bits per heavy atom. The molecule has 0 saturated heterocycles. The Balaban J connectivity index is 1.21. The van der Waals surface area contributed by atoms with E-state index in [-0.39, 0.29) is 11.6 Å². The number of amidine groups is 2. The van der Waals surface area contributed by atoms with Crippen molar-refractivity contribution < 1.29 is 0 Å². The third kappa shape index (κ3) is 4.13. The molecule has 0 radical (unpaired) electrons. The lowest BCUT2D eigenvalue weighted by atomic mass is 9.74. The molecule has 1 aromatic heterocycles. The van der Waals surface area contributed by atoms with E-state index < -0.39 is 0 Å². The quantitative estimate of drug-likeness (QED) is 0.217. The van der Waals surface area contributed by atoms with E-state index in [9.17, 15) is 0 Å². The summed E-state index contributed by atoms with van der Waals surface area (Å²) in [7, 11) is 0. The fourth-order valence-corrected chi connectivity index (χ4v) is 7.82. The van der Waals surface area contributed by atoms with Crippen molar-refractivity contribution in [1.29, 1.82) is 0 Å². The molecule has 222 valence electrons. The van der Waals surface area contributed by atoms with Crippen molar-refractivity contribution in [1.82, 2.24) is 9.88 Å². The Labute approximate surface area is 269 Å². The normalized spacial score (nSPS) is 21.0. The highest BCUT2D eigenvalue weighted by molar-refractivity contribution is 6.16. The van der Waals surface area contributed by atoms with Crippen LogP contribution in [0.3, 0.4) is 0 Å². The van der Waals surface area contributed by atoms with Crippen molar-refractivity contribution >= 4 is 33.5 Å². The minimum atomic E-state index is -0.332. The third-order valence-electron chi connectivity index (χ3n) is 10.1. The number of hydrogen-bond donors (Lipinski definition) is 1. The molecule has 2 heterocycles. The van der Waals surface area contributed by atoms with Gasteiger partial charge >= 0.3 is 0 Å². The Bertz CT molecular complexity index is 2270. The molecule has 0 saturated carbocycles. The van der Waals surface area contributed by atoms with E-state index in [0.29, 0.717) is 11.8 Å². The molecule has 3 unspecified atom stereocenters. The largest absolute Gasteiger partial charge is 0.324 e. The van der Waals surface area contributed by atoms with E-state index in [1.54, 1.807) is 0 Å². The molecule has 0 amide bonds. The molecule has 6 aromatic rings. The Morgan fingerprint density at radius 2 is 1.33 bits per heavy atom. The number of fused-ring (bicyclic) bond motifs is 6. The van der Waals surface area contributed by atoms with E-state index in [4.69, 9.17) is 9.98 Å². The van der Waals surface area contributed by atoms with Gasteiger partial charge in [0, 0.05) is 33.5 Å². The van der Waals surface area contributed by atoms with E-state index in [0.717, 1.165) is 34.0 Å². The number of benzene rings is 5. The highest BCUT2D eigenvalue weighted by Crippen LogP contribution is 2.54. The average Bonchev–Trinajstić information content (AvgIpc) is 3.56. The number of allylic oxidation sites excluding steroid dienone is 4. The van der Waals surface area contributed by atoms with Gasteiger partial charge in [0.25, 0.3) is 0 Å². The summed E-state index contributed by atoms with van der Waals surface area (Å²) in [5, 5.41) is 6.16. The monoisotopic (exact) mass is 594 g/mol. The fraction of sp³-hybridized carbons (Fsp3) is 0.143. The number of aliphatic imine (C=N–C) groups is 2. The number of hydrogen-bond acceptors (Lipinski definition) is 3. The van der Waals surface area contributed by atoms with Crippen molar-refractivity contribution in [2.75, 3.05) is 0 Å². The van der Waals surface area contributed by atoms with Crippen molar-refractivity contribution in [3.05, 3.63) is 173 Å². The van der Waals surface area contributed by atoms with E-state index >= 15 is 0 Å². The molecule has 4 nitrogen and oxygen atoms in total. The molecule has 9 rings (SSSR count). The van der Waals surface area contributed by atoms with Gasteiger partial charge in [-0.05, 0) is 58.4 Å². The number of nitrogens with zero attached hydrogens (tertiary/aromatic N) is 3. The van der Waals surface area contributed by atoms with Crippen LogP contribution in [0.15, 0.2) is 156 Å². The van der Waals surface area contributed by atoms with Crippen molar-refractivity contribution in [3.63, 3.8) is 0 Å². The Kier molecular flexibility index (Phi) is 6.01. The van der Waals surface area contributed by atoms with Crippen molar-refractivity contribution in [2.45, 2.75) is 31.3 Å². The first kappa shape index (κ1) is 26.9. The summed E-state index contributed by atoms with van der Waals surface area (Å²) in [6.07, 6.45) is 8.89. The van der Waals surface area contributed by atoms with Crippen LogP contribution in [0.1, 0.15) is 53.7 Å². The molecule has 1 aliphatic heterocycles. The maximum Gasteiger partial charge on any atom is 0.169 e. The van der Waals surface area contributed by atoms with Gasteiger partial charge in [-0.2, -0.15) is 0 Å². The highest BCUT2D eigenvalue weighted by Gasteiger charge is 2.44. The molecule has 0 bridgehead atoms. The lowest BCUT2D eigenvalue weighted by Crippen LogP contribution is -2.36. The van der Waals surface area contributed by atoms with Crippen molar-refractivity contribution in [3.8, 4) is 5.69 Å². The highest BCUT2D eigenvalue weighted by atomic mass is 15.2. The van der Waals surface area contributed by atoms with Crippen LogP contribution in [-0.2, 0) is 5.41 Å². The summed E-state index contributed by atoms with van der Waals surface area (Å²) in [5.74, 6) is 2.50. The first-order chi connectivity index (χ1) is 22.6. The van der Waals surface area contributed by atoms with Crippen LogP contribution in [0.2, 0.25) is 0 Å². The molecule has 0 spiro atoms. The lowest BCUT2D eigenvalue weighted by molar-refractivity contribution is 0.394. The van der Waals surface area contributed by atoms with Crippen LogP contribution in [0, 0.1) is 5.92 Å². The summed E-state index contributed by atoms with van der Waals surface area (Å²) in [6.45, 7) is 4.81. The smallest absolute Gasteiger partial charge is 0.169 e. The molecule has 2 aliphatic carbocycles. The molecule has 3 atom stereocenters. The van der Waals surface area contributed by atoms with Crippen LogP contribution >= 0.6 is 0 Å². The molecule has 5 aromatic carbocycles. The van der Waals surface area contributed by atoms with Gasteiger partial charge in [-0.15, -0.1) is 0 Å². The zero-order valence-electron chi connectivity index (χ0n) is 25.9. The van der Waals surface area contributed by atoms with Crippen LogP contribution < -0.4 is 5.32 Å². The van der Waals surface area contributed by atoms with Crippen LogP contribution in [0.4, 0.5) is 0 Å². The van der Waals surface area contributed by atoms with Gasteiger partial charge in [-0.1, -0.05) is 129 Å². The van der Waals surface area contributed by atoms with E-state index in [1.807, 2.05) is 36.4 Å². The van der Waals surface area contributed by atoms with Gasteiger partial charge in [0.2, 0.25) is 0 Å². The minimum Gasteiger partial charge on any atom is -0.324 e. The molecule has 4 heteroatoms. The predicted octanol–water partition coefficient (Wildman–Crippen LogP) is 9.40. The maximum atomic E-state index is 5.15. The Morgan fingerprint density at radius 3 is 2.15 bits per heavy atom. The van der Waals surface area contributed by atoms with Gasteiger partial charge in [-0.3, -0.25) is 0 Å². The molecule has 1 N–H and O–H groups in total. The topological polar surface area (TPSA) is 41.7 Å².